The standard InChI is InChI=1S/C12H16N2O/c1-9-4-3-7-14(9)11-5-6-12(10(2)15)13-8-11/h5-6,8-9H,3-4,7H2,1-2H3. The molecule has 1 atom stereocenters. The van der Waals surface area contributed by atoms with Crippen molar-refractivity contribution in [3.63, 3.8) is 0 Å². The molecule has 2 heterocycles. The Morgan fingerprint density at radius 2 is 2.33 bits per heavy atom. The first-order valence-electron chi connectivity index (χ1n) is 5.42. The van der Waals surface area contributed by atoms with E-state index in [0.29, 0.717) is 11.7 Å². The Bertz CT molecular complexity index is 358. The third-order valence-corrected chi connectivity index (χ3v) is 2.99. The molecule has 15 heavy (non-hydrogen) atoms. The van der Waals surface area contributed by atoms with Crippen molar-refractivity contribution in [3.05, 3.63) is 24.0 Å². The Morgan fingerprint density at radius 1 is 1.53 bits per heavy atom. The van der Waals surface area contributed by atoms with Gasteiger partial charge < -0.3 is 4.90 Å². The molecule has 2 rings (SSSR count). The lowest BCUT2D eigenvalue weighted by Gasteiger charge is -2.23. The van der Waals surface area contributed by atoms with E-state index in [-0.39, 0.29) is 5.78 Å². The van der Waals surface area contributed by atoms with Crippen LogP contribution in [0.3, 0.4) is 0 Å². The number of aromatic nitrogens is 1. The van der Waals surface area contributed by atoms with Crippen LogP contribution in [0, 0.1) is 0 Å². The molecule has 0 N–H and O–H groups in total. The van der Waals surface area contributed by atoms with E-state index in [1.165, 1.54) is 12.8 Å². The van der Waals surface area contributed by atoms with Crippen molar-refractivity contribution in [1.82, 2.24) is 4.98 Å². The van der Waals surface area contributed by atoms with Gasteiger partial charge in [0.15, 0.2) is 5.78 Å². The number of hydrogen-bond acceptors (Lipinski definition) is 3. The van der Waals surface area contributed by atoms with E-state index in [9.17, 15) is 4.79 Å². The second-order valence-corrected chi connectivity index (χ2v) is 4.14. The molecule has 3 nitrogen and oxygen atoms in total. The maximum absolute atomic E-state index is 11.1. The highest BCUT2D eigenvalue weighted by Gasteiger charge is 2.20. The zero-order valence-electron chi connectivity index (χ0n) is 9.23. The number of nitrogens with zero attached hydrogens (tertiary/aromatic N) is 2. The lowest BCUT2D eigenvalue weighted by atomic mass is 10.2. The number of ketones is 1. The van der Waals surface area contributed by atoms with Crippen LogP contribution >= 0.6 is 0 Å². The second kappa shape index (κ2) is 4.01. The highest BCUT2D eigenvalue weighted by molar-refractivity contribution is 5.92. The Labute approximate surface area is 90.1 Å². The Hall–Kier alpha value is -1.38. The van der Waals surface area contributed by atoms with E-state index in [1.54, 1.807) is 13.1 Å². The maximum Gasteiger partial charge on any atom is 0.178 e. The molecule has 0 aromatic carbocycles. The van der Waals surface area contributed by atoms with Crippen LogP contribution < -0.4 is 4.90 Å². The maximum atomic E-state index is 11.1. The van der Waals surface area contributed by atoms with Crippen molar-refractivity contribution >= 4 is 11.5 Å². The van der Waals surface area contributed by atoms with Gasteiger partial charge in [-0.05, 0) is 31.9 Å². The lowest BCUT2D eigenvalue weighted by molar-refractivity contribution is 0.101. The van der Waals surface area contributed by atoms with Gasteiger partial charge in [-0.3, -0.25) is 9.78 Å². The minimum Gasteiger partial charge on any atom is -0.368 e. The molecule has 80 valence electrons. The molecule has 1 fully saturated rings. The van der Waals surface area contributed by atoms with Gasteiger partial charge in [-0.15, -0.1) is 0 Å². The Kier molecular flexibility index (Phi) is 2.71. The number of hydrogen-bond donors (Lipinski definition) is 0. The van der Waals surface area contributed by atoms with Crippen LogP contribution in [0.4, 0.5) is 5.69 Å². The molecule has 0 spiro atoms. The summed E-state index contributed by atoms with van der Waals surface area (Å²) >= 11 is 0. The fourth-order valence-corrected chi connectivity index (χ4v) is 2.08. The summed E-state index contributed by atoms with van der Waals surface area (Å²) in [5.74, 6) is 0.0241. The van der Waals surface area contributed by atoms with E-state index in [4.69, 9.17) is 0 Å². The van der Waals surface area contributed by atoms with Crippen molar-refractivity contribution in [2.45, 2.75) is 32.7 Å². The van der Waals surface area contributed by atoms with Gasteiger partial charge in [0.2, 0.25) is 0 Å². The average molecular weight is 204 g/mol. The van der Waals surface area contributed by atoms with Crippen LogP contribution in [-0.4, -0.2) is 23.4 Å². The van der Waals surface area contributed by atoms with Crippen LogP contribution in [0.5, 0.6) is 0 Å². The number of rotatable bonds is 2. The van der Waals surface area contributed by atoms with Gasteiger partial charge in [0, 0.05) is 19.5 Å². The number of carbonyl (C=O) groups is 1. The molecule has 0 bridgehead atoms. The molecule has 0 saturated carbocycles. The highest BCUT2D eigenvalue weighted by atomic mass is 16.1. The van der Waals surface area contributed by atoms with Crippen LogP contribution in [0.25, 0.3) is 0 Å². The predicted octanol–water partition coefficient (Wildman–Crippen LogP) is 2.27. The molecule has 1 aliphatic heterocycles. The summed E-state index contributed by atoms with van der Waals surface area (Å²) in [6.45, 7) is 4.87. The van der Waals surface area contributed by atoms with Crippen LogP contribution in [0.1, 0.15) is 37.2 Å². The topological polar surface area (TPSA) is 33.2 Å². The lowest BCUT2D eigenvalue weighted by Crippen LogP contribution is -2.26. The smallest absolute Gasteiger partial charge is 0.178 e. The summed E-state index contributed by atoms with van der Waals surface area (Å²) in [4.78, 5) is 17.6. The Morgan fingerprint density at radius 3 is 2.80 bits per heavy atom. The molecule has 1 aromatic rings. The number of carbonyl (C=O) groups excluding carboxylic acids is 1. The molecule has 0 amide bonds. The second-order valence-electron chi connectivity index (χ2n) is 4.14. The van der Waals surface area contributed by atoms with Crippen molar-refractivity contribution in [1.29, 1.82) is 0 Å². The van der Waals surface area contributed by atoms with Crippen molar-refractivity contribution in [2.24, 2.45) is 0 Å². The van der Waals surface area contributed by atoms with Gasteiger partial charge in [0.1, 0.15) is 5.69 Å². The molecule has 1 unspecified atom stereocenters. The molecule has 3 heteroatoms. The molecule has 1 aliphatic rings. The molecule has 1 saturated heterocycles. The van der Waals surface area contributed by atoms with Gasteiger partial charge in [0.25, 0.3) is 0 Å². The first-order valence-corrected chi connectivity index (χ1v) is 5.42. The third-order valence-electron chi connectivity index (χ3n) is 2.99. The Balaban J connectivity index is 2.19. The SMILES string of the molecule is CC(=O)c1ccc(N2CCCC2C)cn1. The number of Topliss-reactive ketones (excluding diaryl/α,β-unsaturated/α-hetero) is 1. The van der Waals surface area contributed by atoms with Gasteiger partial charge in [-0.25, -0.2) is 0 Å². The van der Waals surface area contributed by atoms with Crippen molar-refractivity contribution in [3.8, 4) is 0 Å². The first-order chi connectivity index (χ1) is 7.18. The van der Waals surface area contributed by atoms with Crippen LogP contribution in [-0.2, 0) is 0 Å². The van der Waals surface area contributed by atoms with Gasteiger partial charge in [0.05, 0.1) is 11.9 Å². The summed E-state index contributed by atoms with van der Waals surface area (Å²) in [6, 6.07) is 4.39. The summed E-state index contributed by atoms with van der Waals surface area (Å²) in [5.41, 5.74) is 1.68. The number of pyridine rings is 1. The van der Waals surface area contributed by atoms with E-state index in [2.05, 4.69) is 16.8 Å². The van der Waals surface area contributed by atoms with E-state index in [1.807, 2.05) is 12.1 Å². The fourth-order valence-electron chi connectivity index (χ4n) is 2.08. The predicted molar refractivity (Wildman–Crippen MR) is 60.3 cm³/mol. The van der Waals surface area contributed by atoms with Gasteiger partial charge in [-0.2, -0.15) is 0 Å². The van der Waals surface area contributed by atoms with Crippen molar-refractivity contribution in [2.75, 3.05) is 11.4 Å². The summed E-state index contributed by atoms with van der Waals surface area (Å²) in [5, 5.41) is 0. The molecule has 0 radical (unpaired) electrons. The molecular formula is C12H16N2O. The van der Waals surface area contributed by atoms with E-state index in [0.717, 1.165) is 12.2 Å². The van der Waals surface area contributed by atoms with E-state index < -0.39 is 0 Å². The monoisotopic (exact) mass is 204 g/mol. The zero-order chi connectivity index (χ0) is 10.8. The minimum atomic E-state index is 0.0241. The quantitative estimate of drug-likeness (QED) is 0.693. The largest absolute Gasteiger partial charge is 0.368 e. The van der Waals surface area contributed by atoms with Gasteiger partial charge in [-0.1, -0.05) is 0 Å². The summed E-state index contributed by atoms with van der Waals surface area (Å²) < 4.78 is 0. The first kappa shape index (κ1) is 10.1. The van der Waals surface area contributed by atoms with Crippen LogP contribution in [0.2, 0.25) is 0 Å². The van der Waals surface area contributed by atoms with Crippen molar-refractivity contribution < 1.29 is 4.79 Å². The molecular weight excluding hydrogens is 188 g/mol. The molecule has 0 aliphatic carbocycles. The van der Waals surface area contributed by atoms with E-state index >= 15 is 0 Å². The summed E-state index contributed by atoms with van der Waals surface area (Å²) in [7, 11) is 0. The normalized spacial score (nSPS) is 20.7. The number of anilines is 1. The minimum absolute atomic E-state index is 0.0241. The zero-order valence-corrected chi connectivity index (χ0v) is 9.23. The fraction of sp³-hybridized carbons (Fsp3) is 0.500. The molecule has 1 aromatic heterocycles. The summed E-state index contributed by atoms with van der Waals surface area (Å²) in [6.07, 6.45) is 4.29. The average Bonchev–Trinajstić information content (AvgIpc) is 2.65. The van der Waals surface area contributed by atoms with Gasteiger partial charge >= 0.3 is 0 Å². The third kappa shape index (κ3) is 2.01. The van der Waals surface area contributed by atoms with Crippen LogP contribution in [0.15, 0.2) is 18.3 Å². The highest BCUT2D eigenvalue weighted by Crippen LogP contribution is 2.24.